The van der Waals surface area contributed by atoms with Gasteiger partial charge < -0.3 is 10.2 Å². The van der Waals surface area contributed by atoms with Gasteiger partial charge in [0.15, 0.2) is 0 Å². The highest BCUT2D eigenvalue weighted by atomic mass is 32.2. The minimum atomic E-state index is -2.83. The van der Waals surface area contributed by atoms with E-state index in [2.05, 4.69) is 17.1 Å². The summed E-state index contributed by atoms with van der Waals surface area (Å²) < 4.78 is 22.2. The minimum absolute atomic E-state index is 0.267. The van der Waals surface area contributed by atoms with Crippen molar-refractivity contribution in [1.82, 2.24) is 10.2 Å². The third-order valence-electron chi connectivity index (χ3n) is 3.95. The molecule has 4 nitrogen and oxygen atoms in total. The van der Waals surface area contributed by atoms with Gasteiger partial charge in [-0.25, -0.2) is 8.42 Å². The third kappa shape index (κ3) is 6.71. The average molecular weight is 276 g/mol. The summed E-state index contributed by atoms with van der Waals surface area (Å²) in [4.78, 5) is 2.13. The zero-order chi connectivity index (χ0) is 13.6. The maximum absolute atomic E-state index is 11.1. The zero-order valence-corrected chi connectivity index (χ0v) is 12.8. The van der Waals surface area contributed by atoms with E-state index in [-0.39, 0.29) is 5.75 Å². The molecule has 1 N–H and O–H groups in total. The Kier molecular flexibility index (Phi) is 6.60. The Morgan fingerprint density at radius 2 is 2.11 bits per heavy atom. The molecule has 0 amide bonds. The van der Waals surface area contributed by atoms with Gasteiger partial charge >= 0.3 is 0 Å². The molecular weight excluding hydrogens is 248 g/mol. The van der Waals surface area contributed by atoms with Crippen LogP contribution in [-0.2, 0) is 9.84 Å². The largest absolute Gasteiger partial charge is 0.316 e. The molecule has 0 aromatic carbocycles. The van der Waals surface area contributed by atoms with Crippen LogP contribution in [0, 0.1) is 11.8 Å². The summed E-state index contributed by atoms with van der Waals surface area (Å²) in [6.45, 7) is 6.27. The van der Waals surface area contributed by atoms with E-state index in [1.165, 1.54) is 19.1 Å². The average Bonchev–Trinajstić information content (AvgIpc) is 2.33. The summed E-state index contributed by atoms with van der Waals surface area (Å²) in [7, 11) is -0.819. The van der Waals surface area contributed by atoms with Crippen LogP contribution in [0.2, 0.25) is 0 Å². The second-order valence-electron chi connectivity index (χ2n) is 5.81. The Labute approximate surface area is 112 Å². The van der Waals surface area contributed by atoms with Crippen LogP contribution in [0.5, 0.6) is 0 Å². The fourth-order valence-corrected chi connectivity index (χ4v) is 3.10. The van der Waals surface area contributed by atoms with Crippen LogP contribution in [0.15, 0.2) is 0 Å². The molecule has 0 bridgehead atoms. The Bertz CT molecular complexity index is 324. The van der Waals surface area contributed by atoms with Crippen LogP contribution in [0.3, 0.4) is 0 Å². The molecule has 1 rings (SSSR count). The van der Waals surface area contributed by atoms with Crippen molar-refractivity contribution in [1.29, 1.82) is 0 Å². The summed E-state index contributed by atoms with van der Waals surface area (Å²) in [5.74, 6) is 1.78. The Morgan fingerprint density at radius 3 is 2.67 bits per heavy atom. The SMILES string of the molecule is CC(CCN(C)CCS(C)(=O)=O)C1CCCNC1. The molecule has 1 aliphatic rings. The molecule has 1 fully saturated rings. The first-order chi connectivity index (χ1) is 8.38. The molecule has 0 aliphatic carbocycles. The predicted octanol–water partition coefficient (Wildman–Crippen LogP) is 0.989. The first-order valence-electron chi connectivity index (χ1n) is 6.95. The lowest BCUT2D eigenvalue weighted by Gasteiger charge is -2.29. The van der Waals surface area contributed by atoms with Crippen molar-refractivity contribution in [2.45, 2.75) is 26.2 Å². The normalized spacial score (nSPS) is 23.2. The Balaban J connectivity index is 2.18. The van der Waals surface area contributed by atoms with Gasteiger partial charge in [-0.15, -0.1) is 0 Å². The first kappa shape index (κ1) is 15.9. The summed E-state index contributed by atoms with van der Waals surface area (Å²) in [5.41, 5.74) is 0. The van der Waals surface area contributed by atoms with E-state index in [1.807, 2.05) is 7.05 Å². The summed E-state index contributed by atoms with van der Waals surface area (Å²) in [5, 5.41) is 3.46. The first-order valence-corrected chi connectivity index (χ1v) is 9.01. The fraction of sp³-hybridized carbons (Fsp3) is 1.00. The maximum Gasteiger partial charge on any atom is 0.148 e. The molecule has 0 aromatic heterocycles. The predicted molar refractivity (Wildman–Crippen MR) is 76.6 cm³/mol. The van der Waals surface area contributed by atoms with Gasteiger partial charge in [-0.3, -0.25) is 0 Å². The number of nitrogens with zero attached hydrogens (tertiary/aromatic N) is 1. The van der Waals surface area contributed by atoms with Crippen molar-refractivity contribution in [3.8, 4) is 0 Å². The van der Waals surface area contributed by atoms with Crippen LogP contribution in [0.4, 0.5) is 0 Å². The van der Waals surface area contributed by atoms with Crippen molar-refractivity contribution in [2.75, 3.05) is 45.2 Å². The molecule has 0 spiro atoms. The maximum atomic E-state index is 11.1. The van der Waals surface area contributed by atoms with Gasteiger partial charge in [0.25, 0.3) is 0 Å². The minimum Gasteiger partial charge on any atom is -0.316 e. The van der Waals surface area contributed by atoms with Crippen molar-refractivity contribution in [2.24, 2.45) is 11.8 Å². The van der Waals surface area contributed by atoms with Gasteiger partial charge in [0.2, 0.25) is 0 Å². The lowest BCUT2D eigenvalue weighted by molar-refractivity contribution is 0.236. The monoisotopic (exact) mass is 276 g/mol. The molecule has 1 aliphatic heterocycles. The Hall–Kier alpha value is -0.130. The number of rotatable bonds is 7. The number of piperidine rings is 1. The zero-order valence-electron chi connectivity index (χ0n) is 12.0. The molecule has 1 saturated heterocycles. The van der Waals surface area contributed by atoms with Gasteiger partial charge in [-0.2, -0.15) is 0 Å². The standard InChI is InChI=1S/C13H28N2O2S/c1-12(13-5-4-7-14-11-13)6-8-15(2)9-10-18(3,16)17/h12-14H,4-11H2,1-3H3. The summed E-state index contributed by atoms with van der Waals surface area (Å²) in [6.07, 6.45) is 5.09. The summed E-state index contributed by atoms with van der Waals surface area (Å²) >= 11 is 0. The number of hydrogen-bond acceptors (Lipinski definition) is 4. The van der Waals surface area contributed by atoms with Crippen LogP contribution in [0.1, 0.15) is 26.2 Å². The second kappa shape index (κ2) is 7.46. The Morgan fingerprint density at radius 1 is 1.39 bits per heavy atom. The van der Waals surface area contributed by atoms with E-state index in [9.17, 15) is 8.42 Å². The lowest BCUT2D eigenvalue weighted by Crippen LogP contribution is -2.35. The smallest absolute Gasteiger partial charge is 0.148 e. The van der Waals surface area contributed by atoms with Gasteiger partial charge in [-0.05, 0) is 57.8 Å². The quantitative estimate of drug-likeness (QED) is 0.753. The van der Waals surface area contributed by atoms with Gasteiger partial charge in [0.05, 0.1) is 5.75 Å². The molecule has 18 heavy (non-hydrogen) atoms. The van der Waals surface area contributed by atoms with E-state index >= 15 is 0 Å². The van der Waals surface area contributed by atoms with Gasteiger partial charge in [0.1, 0.15) is 9.84 Å². The highest BCUT2D eigenvalue weighted by Crippen LogP contribution is 2.22. The third-order valence-corrected chi connectivity index (χ3v) is 4.87. The molecule has 5 heteroatoms. The molecule has 0 saturated carbocycles. The molecule has 0 radical (unpaired) electrons. The van der Waals surface area contributed by atoms with Crippen LogP contribution >= 0.6 is 0 Å². The van der Waals surface area contributed by atoms with Crippen molar-refractivity contribution < 1.29 is 8.42 Å². The van der Waals surface area contributed by atoms with Crippen LogP contribution in [-0.4, -0.2) is 58.6 Å². The van der Waals surface area contributed by atoms with E-state index in [1.54, 1.807) is 0 Å². The highest BCUT2D eigenvalue weighted by molar-refractivity contribution is 7.90. The van der Waals surface area contributed by atoms with E-state index in [0.717, 1.165) is 37.9 Å². The van der Waals surface area contributed by atoms with E-state index in [0.29, 0.717) is 6.54 Å². The molecule has 2 atom stereocenters. The van der Waals surface area contributed by atoms with Gasteiger partial charge in [0, 0.05) is 12.8 Å². The molecule has 0 aromatic rings. The van der Waals surface area contributed by atoms with Crippen molar-refractivity contribution in [3.05, 3.63) is 0 Å². The summed E-state index contributed by atoms with van der Waals surface area (Å²) in [6, 6.07) is 0. The molecule has 2 unspecified atom stereocenters. The number of sulfone groups is 1. The number of nitrogens with one attached hydrogen (secondary N) is 1. The van der Waals surface area contributed by atoms with E-state index in [4.69, 9.17) is 0 Å². The molecule has 108 valence electrons. The molecular formula is C13H28N2O2S. The fourth-order valence-electron chi connectivity index (χ4n) is 2.46. The molecule has 1 heterocycles. The van der Waals surface area contributed by atoms with Crippen molar-refractivity contribution in [3.63, 3.8) is 0 Å². The lowest BCUT2D eigenvalue weighted by atomic mass is 9.85. The van der Waals surface area contributed by atoms with Crippen molar-refractivity contribution >= 4 is 9.84 Å². The topological polar surface area (TPSA) is 49.4 Å². The van der Waals surface area contributed by atoms with Crippen LogP contribution < -0.4 is 5.32 Å². The van der Waals surface area contributed by atoms with Gasteiger partial charge in [-0.1, -0.05) is 6.92 Å². The van der Waals surface area contributed by atoms with E-state index < -0.39 is 9.84 Å². The number of hydrogen-bond donors (Lipinski definition) is 1. The highest BCUT2D eigenvalue weighted by Gasteiger charge is 2.19. The second-order valence-corrected chi connectivity index (χ2v) is 8.07. The van der Waals surface area contributed by atoms with Crippen LogP contribution in [0.25, 0.3) is 0 Å².